The molecule has 1 aliphatic rings. The van der Waals surface area contributed by atoms with Crippen LogP contribution in [0.1, 0.15) is 10.4 Å². The first-order valence-electron chi connectivity index (χ1n) is 13.2. The number of carbonyl (C=O) groups is 1. The molecule has 41 heavy (non-hydrogen) atoms. The number of hydrogen-bond acceptors (Lipinski definition) is 7. The zero-order valence-electron chi connectivity index (χ0n) is 22.7. The minimum absolute atomic E-state index is 0.146. The average Bonchev–Trinajstić information content (AvgIpc) is 3.39. The Bertz CT molecular complexity index is 1720. The van der Waals surface area contributed by atoms with Crippen molar-refractivity contribution in [3.8, 4) is 11.5 Å². The van der Waals surface area contributed by atoms with E-state index in [0.29, 0.717) is 27.9 Å². The van der Waals surface area contributed by atoms with Gasteiger partial charge < -0.3 is 34.9 Å². The largest absolute Gasteiger partial charge is 0.493 e. The summed E-state index contributed by atoms with van der Waals surface area (Å²) in [4.78, 5) is 29.3. The minimum Gasteiger partial charge on any atom is -0.493 e. The maximum Gasteiger partial charge on any atom is 0.255 e. The number of piperazine rings is 1. The summed E-state index contributed by atoms with van der Waals surface area (Å²) < 4.78 is 11.0. The fraction of sp³-hybridized carbons (Fsp3) is 0.200. The quantitative estimate of drug-likeness (QED) is 0.247. The van der Waals surface area contributed by atoms with Gasteiger partial charge in [-0.05, 0) is 54.7 Å². The van der Waals surface area contributed by atoms with E-state index in [4.69, 9.17) is 21.7 Å². The summed E-state index contributed by atoms with van der Waals surface area (Å²) in [6.07, 6.45) is 1.59. The van der Waals surface area contributed by atoms with Crippen LogP contribution in [0.15, 0.2) is 73.1 Å². The number of nitrogens with zero attached hydrogens (tertiary/aromatic N) is 4. The molecule has 6 rings (SSSR count). The first kappa shape index (κ1) is 26.3. The molecule has 0 radical (unpaired) electrons. The number of methoxy groups -OCH3 is 2. The number of anilines is 3. The van der Waals surface area contributed by atoms with E-state index in [1.165, 1.54) is 0 Å². The Kier molecular flexibility index (Phi) is 7.26. The molecule has 1 saturated heterocycles. The van der Waals surface area contributed by atoms with Crippen molar-refractivity contribution in [3.63, 3.8) is 0 Å². The van der Waals surface area contributed by atoms with Crippen molar-refractivity contribution in [3.05, 3.63) is 78.6 Å². The average molecular weight is 568 g/mol. The number of hydrogen-bond donors (Lipinski definition) is 3. The highest BCUT2D eigenvalue weighted by Crippen LogP contribution is 2.38. The normalized spacial score (nSPS) is 13.3. The first-order chi connectivity index (χ1) is 20.0. The Morgan fingerprint density at radius 1 is 0.878 bits per heavy atom. The topological polar surface area (TPSA) is 108 Å². The fourth-order valence-electron chi connectivity index (χ4n) is 5.03. The van der Waals surface area contributed by atoms with E-state index in [-0.39, 0.29) is 5.91 Å². The van der Waals surface area contributed by atoms with Crippen molar-refractivity contribution in [2.75, 3.05) is 55.9 Å². The number of carbonyl (C=O) groups excluding carboxylic acids is 1. The molecule has 3 aromatic carbocycles. The number of benzene rings is 3. The lowest BCUT2D eigenvalue weighted by molar-refractivity contribution is 0.102. The van der Waals surface area contributed by atoms with E-state index in [1.807, 2.05) is 54.6 Å². The molecular formula is C30H29N7O3S. The Hall–Kier alpha value is -4.90. The third kappa shape index (κ3) is 5.31. The number of aromatic nitrogens is 3. The van der Waals surface area contributed by atoms with Gasteiger partial charge in [-0.2, -0.15) is 0 Å². The zero-order valence-corrected chi connectivity index (χ0v) is 23.5. The standard InChI is InChI=1S/C30H29N7O3S/c1-39-24-16-22-23(17-25(24)40-2)35-27-26(22)28(32-18-31-27)36-12-14-37(15-13-36)30(41)34-21-10-8-20(9-11-21)33-29(38)19-6-4-3-5-7-19/h3-11,16-18H,12-15H2,1-2H3,(H,33,38)(H,34,41)(H,31,32,35). The maximum atomic E-state index is 12.4. The number of nitrogens with one attached hydrogen (secondary N) is 3. The summed E-state index contributed by atoms with van der Waals surface area (Å²) in [5, 5.41) is 8.83. The van der Waals surface area contributed by atoms with Gasteiger partial charge in [0.15, 0.2) is 16.6 Å². The second kappa shape index (κ2) is 11.3. The van der Waals surface area contributed by atoms with Crippen LogP contribution >= 0.6 is 12.2 Å². The fourth-order valence-corrected chi connectivity index (χ4v) is 5.33. The van der Waals surface area contributed by atoms with Crippen molar-refractivity contribution < 1.29 is 14.3 Å². The number of H-pyrrole nitrogens is 1. The summed E-state index contributed by atoms with van der Waals surface area (Å²) in [6, 6.07) is 20.5. The lowest BCUT2D eigenvalue weighted by Crippen LogP contribution is -2.50. The number of aromatic amines is 1. The molecule has 3 heterocycles. The molecule has 5 aromatic rings. The zero-order chi connectivity index (χ0) is 28.3. The molecule has 10 nitrogen and oxygen atoms in total. The molecule has 0 bridgehead atoms. The molecule has 0 spiro atoms. The lowest BCUT2D eigenvalue weighted by atomic mass is 10.1. The molecular weight excluding hydrogens is 538 g/mol. The highest BCUT2D eigenvalue weighted by Gasteiger charge is 2.24. The lowest BCUT2D eigenvalue weighted by Gasteiger charge is -2.37. The molecule has 1 amide bonds. The van der Waals surface area contributed by atoms with Crippen LogP contribution < -0.4 is 25.0 Å². The second-order valence-electron chi connectivity index (χ2n) is 9.60. The molecule has 1 fully saturated rings. The van der Waals surface area contributed by atoms with Crippen molar-refractivity contribution in [1.29, 1.82) is 0 Å². The molecule has 208 valence electrons. The van der Waals surface area contributed by atoms with Crippen LogP contribution in [-0.4, -0.2) is 71.3 Å². The molecule has 0 unspecified atom stereocenters. The molecule has 0 saturated carbocycles. The number of fused-ring (bicyclic) bond motifs is 3. The highest BCUT2D eigenvalue weighted by molar-refractivity contribution is 7.80. The summed E-state index contributed by atoms with van der Waals surface area (Å²) in [7, 11) is 3.25. The van der Waals surface area contributed by atoms with Gasteiger partial charge in [0.1, 0.15) is 17.8 Å². The number of amides is 1. The van der Waals surface area contributed by atoms with Crippen LogP contribution in [-0.2, 0) is 0 Å². The third-order valence-electron chi connectivity index (χ3n) is 7.17. The Morgan fingerprint density at radius 2 is 1.54 bits per heavy atom. The van der Waals surface area contributed by atoms with Crippen LogP contribution in [0.4, 0.5) is 17.2 Å². The number of thiocarbonyl (C=S) groups is 1. The summed E-state index contributed by atoms with van der Waals surface area (Å²) in [5.74, 6) is 2.04. The molecule has 3 N–H and O–H groups in total. The SMILES string of the molecule is COc1cc2[nH]c3ncnc(N4CCN(C(=S)Nc5ccc(NC(=O)c6ccccc6)cc5)CC4)c3c2cc1OC. The number of rotatable bonds is 6. The van der Waals surface area contributed by atoms with Gasteiger partial charge in [0.05, 0.1) is 25.1 Å². The number of ether oxygens (including phenoxy) is 2. The molecule has 0 atom stereocenters. The van der Waals surface area contributed by atoms with Crippen LogP contribution in [0.5, 0.6) is 11.5 Å². The van der Waals surface area contributed by atoms with Gasteiger partial charge in [-0.25, -0.2) is 9.97 Å². The predicted octanol–water partition coefficient (Wildman–Crippen LogP) is 4.90. The highest BCUT2D eigenvalue weighted by atomic mass is 32.1. The van der Waals surface area contributed by atoms with Crippen molar-refractivity contribution in [1.82, 2.24) is 19.9 Å². The van der Waals surface area contributed by atoms with Crippen LogP contribution in [0.2, 0.25) is 0 Å². The van der Waals surface area contributed by atoms with Crippen LogP contribution in [0.25, 0.3) is 21.9 Å². The van der Waals surface area contributed by atoms with Gasteiger partial charge in [-0.15, -0.1) is 0 Å². The summed E-state index contributed by atoms with van der Waals surface area (Å²) in [5.41, 5.74) is 3.86. The Balaban J connectivity index is 1.11. The van der Waals surface area contributed by atoms with Gasteiger partial charge >= 0.3 is 0 Å². The molecule has 2 aromatic heterocycles. The van der Waals surface area contributed by atoms with Crippen molar-refractivity contribution >= 4 is 62.4 Å². The third-order valence-corrected chi connectivity index (χ3v) is 7.53. The van der Waals surface area contributed by atoms with Crippen LogP contribution in [0, 0.1) is 0 Å². The molecule has 0 aliphatic carbocycles. The summed E-state index contributed by atoms with van der Waals surface area (Å²) >= 11 is 5.73. The molecule has 11 heteroatoms. The monoisotopic (exact) mass is 567 g/mol. The summed E-state index contributed by atoms with van der Waals surface area (Å²) in [6.45, 7) is 2.97. The molecule has 1 aliphatic heterocycles. The maximum absolute atomic E-state index is 12.4. The van der Waals surface area contributed by atoms with Crippen molar-refractivity contribution in [2.45, 2.75) is 0 Å². The van der Waals surface area contributed by atoms with Gasteiger partial charge in [-0.3, -0.25) is 4.79 Å². The van der Waals surface area contributed by atoms with E-state index in [9.17, 15) is 4.79 Å². The van der Waals surface area contributed by atoms with E-state index in [1.54, 1.807) is 32.7 Å². The van der Waals surface area contributed by atoms with E-state index in [2.05, 4.69) is 35.4 Å². The van der Waals surface area contributed by atoms with Gasteiger partial charge in [0.25, 0.3) is 5.91 Å². The van der Waals surface area contributed by atoms with Gasteiger partial charge in [0.2, 0.25) is 0 Å². The second-order valence-corrected chi connectivity index (χ2v) is 9.99. The van der Waals surface area contributed by atoms with Crippen LogP contribution in [0.3, 0.4) is 0 Å². The first-order valence-corrected chi connectivity index (χ1v) is 13.6. The van der Waals surface area contributed by atoms with E-state index in [0.717, 1.165) is 59.6 Å². The smallest absolute Gasteiger partial charge is 0.255 e. The minimum atomic E-state index is -0.146. The van der Waals surface area contributed by atoms with E-state index >= 15 is 0 Å². The Labute approximate surface area is 242 Å². The van der Waals surface area contributed by atoms with Gasteiger partial charge in [-0.1, -0.05) is 18.2 Å². The van der Waals surface area contributed by atoms with E-state index < -0.39 is 0 Å². The predicted molar refractivity (Wildman–Crippen MR) is 165 cm³/mol. The Morgan fingerprint density at radius 3 is 2.22 bits per heavy atom. The van der Waals surface area contributed by atoms with Crippen molar-refractivity contribution in [2.24, 2.45) is 0 Å². The van der Waals surface area contributed by atoms with Gasteiger partial charge in [0, 0.05) is 54.6 Å².